The average molecular weight is 521 g/mol. The van der Waals surface area contributed by atoms with E-state index in [1.165, 1.54) is 31.1 Å². The number of anilines is 1. The van der Waals surface area contributed by atoms with E-state index in [9.17, 15) is 22.4 Å². The molecule has 2 rings (SSSR count). The Morgan fingerprint density at radius 2 is 1.64 bits per heavy atom. The lowest BCUT2D eigenvalue weighted by Gasteiger charge is -2.34. The van der Waals surface area contributed by atoms with Gasteiger partial charge in [0, 0.05) is 27.2 Å². The highest BCUT2D eigenvalue weighted by atomic mass is 32.2. The number of unbranched alkanes of at least 4 members (excludes halogenated alkanes) is 1. The first-order chi connectivity index (χ1) is 17.1. The van der Waals surface area contributed by atoms with Gasteiger partial charge in [0.1, 0.15) is 18.4 Å². The highest BCUT2D eigenvalue weighted by Crippen LogP contribution is 2.21. The van der Waals surface area contributed by atoms with Crippen LogP contribution in [0, 0.1) is 5.82 Å². The molecule has 10 heteroatoms. The van der Waals surface area contributed by atoms with Gasteiger partial charge in [-0.05, 0) is 49.1 Å². The molecule has 0 unspecified atom stereocenters. The minimum atomic E-state index is -4.07. The Balaban J connectivity index is 2.38. The molecule has 198 valence electrons. The molecule has 0 aliphatic carbocycles. The van der Waals surface area contributed by atoms with Gasteiger partial charge in [-0.1, -0.05) is 50.6 Å². The summed E-state index contributed by atoms with van der Waals surface area (Å²) in [6.45, 7) is 4.06. The van der Waals surface area contributed by atoms with Gasteiger partial charge in [-0.2, -0.15) is 12.7 Å². The van der Waals surface area contributed by atoms with Gasteiger partial charge in [-0.3, -0.25) is 9.59 Å². The second-order valence-corrected chi connectivity index (χ2v) is 10.7. The third-order valence-corrected chi connectivity index (χ3v) is 7.65. The number of benzene rings is 2. The van der Waals surface area contributed by atoms with Crippen molar-refractivity contribution in [2.75, 3.05) is 38.0 Å². The number of amides is 2. The van der Waals surface area contributed by atoms with E-state index < -0.39 is 34.5 Å². The van der Waals surface area contributed by atoms with Gasteiger partial charge in [0.15, 0.2) is 0 Å². The molecule has 0 spiro atoms. The van der Waals surface area contributed by atoms with Gasteiger partial charge in [0.25, 0.3) is 0 Å². The van der Waals surface area contributed by atoms with Crippen LogP contribution in [0.2, 0.25) is 0 Å². The second-order valence-electron chi connectivity index (χ2n) is 8.66. The highest BCUT2D eigenvalue weighted by Gasteiger charge is 2.33. The quantitative estimate of drug-likeness (QED) is 0.388. The van der Waals surface area contributed by atoms with Crippen molar-refractivity contribution in [2.24, 2.45) is 0 Å². The predicted molar refractivity (Wildman–Crippen MR) is 140 cm³/mol. The van der Waals surface area contributed by atoms with Crippen LogP contribution in [0.25, 0.3) is 0 Å². The summed E-state index contributed by atoms with van der Waals surface area (Å²) in [5.41, 5.74) is 1.15. The van der Waals surface area contributed by atoms with E-state index in [-0.39, 0.29) is 18.1 Å². The first-order valence-electron chi connectivity index (χ1n) is 12.2. The zero-order valence-corrected chi connectivity index (χ0v) is 22.3. The first kappa shape index (κ1) is 29.3. The number of halogens is 1. The zero-order chi connectivity index (χ0) is 26.7. The SMILES string of the molecule is CCCCNC(=O)[C@@H](CC)N(CCc1ccccc1)C(=O)CN(c1ccc(F)cc1)S(=O)(=O)N(C)C. The second kappa shape index (κ2) is 13.9. The smallest absolute Gasteiger partial charge is 0.304 e. The molecule has 0 aromatic heterocycles. The number of carbonyl (C=O) groups is 2. The van der Waals surface area contributed by atoms with E-state index in [2.05, 4.69) is 5.32 Å². The standard InChI is InChI=1S/C26H37FN4O4S/c1-5-7-18-28-26(33)24(6-2)30(19-17-21-11-9-8-10-12-21)25(32)20-31(36(34,35)29(3)4)23-15-13-22(27)14-16-23/h8-16,24H,5-7,17-20H2,1-4H3,(H,28,33)/t24-/m1/s1. The largest absolute Gasteiger partial charge is 0.354 e. The fraction of sp³-hybridized carbons (Fsp3) is 0.462. The Bertz CT molecular complexity index is 1080. The molecule has 0 radical (unpaired) electrons. The van der Waals surface area contributed by atoms with Crippen LogP contribution in [0.4, 0.5) is 10.1 Å². The summed E-state index contributed by atoms with van der Waals surface area (Å²) in [5.74, 6) is -1.30. The third kappa shape index (κ3) is 8.03. The minimum Gasteiger partial charge on any atom is -0.354 e. The molecular weight excluding hydrogens is 483 g/mol. The van der Waals surface area contributed by atoms with Crippen LogP contribution in [0.5, 0.6) is 0 Å². The normalized spacial score (nSPS) is 12.3. The summed E-state index contributed by atoms with van der Waals surface area (Å²) < 4.78 is 41.7. The van der Waals surface area contributed by atoms with E-state index in [4.69, 9.17) is 0 Å². The lowest BCUT2D eigenvalue weighted by atomic mass is 10.1. The summed E-state index contributed by atoms with van der Waals surface area (Å²) in [6.07, 6.45) is 2.61. The molecule has 0 saturated carbocycles. The Kier molecular flexibility index (Phi) is 11.3. The van der Waals surface area contributed by atoms with Crippen molar-refractivity contribution in [3.05, 3.63) is 66.0 Å². The van der Waals surface area contributed by atoms with Gasteiger partial charge in [0.05, 0.1) is 5.69 Å². The van der Waals surface area contributed by atoms with E-state index in [0.29, 0.717) is 19.4 Å². The molecule has 1 N–H and O–H groups in total. The molecule has 0 aliphatic rings. The molecule has 0 fully saturated rings. The zero-order valence-electron chi connectivity index (χ0n) is 21.5. The maximum absolute atomic E-state index is 13.7. The van der Waals surface area contributed by atoms with E-state index in [0.717, 1.165) is 39.1 Å². The van der Waals surface area contributed by atoms with Gasteiger partial charge < -0.3 is 10.2 Å². The number of nitrogens with one attached hydrogen (secondary N) is 1. The topological polar surface area (TPSA) is 90.0 Å². The molecule has 36 heavy (non-hydrogen) atoms. The van der Waals surface area contributed by atoms with Crippen LogP contribution in [0.1, 0.15) is 38.7 Å². The number of hydrogen-bond acceptors (Lipinski definition) is 4. The van der Waals surface area contributed by atoms with Crippen LogP contribution in [-0.2, 0) is 26.2 Å². The predicted octanol–water partition coefficient (Wildman–Crippen LogP) is 3.20. The van der Waals surface area contributed by atoms with Crippen molar-refractivity contribution in [3.8, 4) is 0 Å². The lowest BCUT2D eigenvalue weighted by Crippen LogP contribution is -2.54. The molecule has 2 aromatic carbocycles. The van der Waals surface area contributed by atoms with Crippen molar-refractivity contribution in [3.63, 3.8) is 0 Å². The van der Waals surface area contributed by atoms with Crippen molar-refractivity contribution < 1.29 is 22.4 Å². The molecule has 0 bridgehead atoms. The van der Waals surface area contributed by atoms with Crippen LogP contribution in [0.3, 0.4) is 0 Å². The van der Waals surface area contributed by atoms with E-state index in [1.54, 1.807) is 0 Å². The fourth-order valence-corrected chi connectivity index (χ4v) is 4.78. The summed E-state index contributed by atoms with van der Waals surface area (Å²) >= 11 is 0. The van der Waals surface area contributed by atoms with Gasteiger partial charge in [-0.25, -0.2) is 8.70 Å². The van der Waals surface area contributed by atoms with Crippen LogP contribution in [-0.4, -0.2) is 69.2 Å². The molecule has 0 saturated heterocycles. The van der Waals surface area contributed by atoms with E-state index >= 15 is 0 Å². The maximum Gasteiger partial charge on any atom is 0.304 e. The summed E-state index contributed by atoms with van der Waals surface area (Å²) in [7, 11) is -1.35. The Morgan fingerprint density at radius 1 is 1.00 bits per heavy atom. The average Bonchev–Trinajstić information content (AvgIpc) is 2.86. The van der Waals surface area contributed by atoms with E-state index in [1.807, 2.05) is 44.2 Å². The Morgan fingerprint density at radius 3 is 2.19 bits per heavy atom. The van der Waals surface area contributed by atoms with Gasteiger partial charge in [0.2, 0.25) is 11.8 Å². The number of rotatable bonds is 14. The molecule has 0 heterocycles. The molecule has 8 nitrogen and oxygen atoms in total. The maximum atomic E-state index is 13.7. The molecular formula is C26H37FN4O4S. The van der Waals surface area contributed by atoms with Crippen molar-refractivity contribution in [2.45, 2.75) is 45.6 Å². The molecule has 0 aliphatic heterocycles. The Hall–Kier alpha value is -2.98. The summed E-state index contributed by atoms with van der Waals surface area (Å²) in [5, 5.41) is 2.89. The van der Waals surface area contributed by atoms with Crippen LogP contribution < -0.4 is 9.62 Å². The summed E-state index contributed by atoms with van der Waals surface area (Å²) in [6, 6.07) is 13.7. The highest BCUT2D eigenvalue weighted by molar-refractivity contribution is 7.90. The lowest BCUT2D eigenvalue weighted by molar-refractivity contribution is -0.139. The number of carbonyl (C=O) groups excluding carboxylic acids is 2. The van der Waals surface area contributed by atoms with Crippen molar-refractivity contribution in [1.29, 1.82) is 0 Å². The van der Waals surface area contributed by atoms with Crippen LogP contribution in [0.15, 0.2) is 54.6 Å². The minimum absolute atomic E-state index is 0.155. The third-order valence-electron chi connectivity index (χ3n) is 5.83. The number of nitrogens with zero attached hydrogens (tertiary/aromatic N) is 3. The van der Waals surface area contributed by atoms with Crippen molar-refractivity contribution >= 4 is 27.7 Å². The Labute approximate surface area is 214 Å². The molecule has 1 atom stereocenters. The summed E-state index contributed by atoms with van der Waals surface area (Å²) in [4.78, 5) is 28.1. The van der Waals surface area contributed by atoms with Crippen LogP contribution >= 0.6 is 0 Å². The molecule has 2 amide bonds. The number of hydrogen-bond donors (Lipinski definition) is 1. The van der Waals surface area contributed by atoms with Crippen molar-refractivity contribution in [1.82, 2.24) is 14.5 Å². The monoisotopic (exact) mass is 520 g/mol. The van der Waals surface area contributed by atoms with Gasteiger partial charge >= 0.3 is 10.2 Å². The first-order valence-corrected chi connectivity index (χ1v) is 13.6. The van der Waals surface area contributed by atoms with Gasteiger partial charge in [-0.15, -0.1) is 0 Å². The fourth-order valence-electron chi connectivity index (χ4n) is 3.73. The molecule has 2 aromatic rings.